The van der Waals surface area contributed by atoms with Crippen molar-refractivity contribution in [2.45, 2.75) is 40.0 Å². The molecule has 0 aromatic carbocycles. The average molecular weight is 236 g/mol. The van der Waals surface area contributed by atoms with Gasteiger partial charge in [0.2, 0.25) is 0 Å². The smallest absolute Gasteiger partial charge is 0.137 e. The van der Waals surface area contributed by atoms with E-state index in [2.05, 4.69) is 48.0 Å². The summed E-state index contributed by atoms with van der Waals surface area (Å²) in [5.41, 5.74) is 1.22. The van der Waals surface area contributed by atoms with E-state index in [1.54, 1.807) is 6.33 Å². The third kappa shape index (κ3) is 3.58. The highest BCUT2D eigenvalue weighted by Gasteiger charge is 2.12. The van der Waals surface area contributed by atoms with Crippen LogP contribution in [-0.4, -0.2) is 30.1 Å². The van der Waals surface area contributed by atoms with E-state index < -0.39 is 0 Å². The van der Waals surface area contributed by atoms with Crippen LogP contribution in [-0.2, 0) is 6.42 Å². The molecule has 1 heterocycles. The first kappa shape index (κ1) is 13.7. The lowest BCUT2D eigenvalue weighted by Gasteiger charge is -2.22. The van der Waals surface area contributed by atoms with Crippen LogP contribution in [0.25, 0.3) is 0 Å². The normalized spacial score (nSPS) is 10.4. The molecule has 17 heavy (non-hydrogen) atoms. The van der Waals surface area contributed by atoms with Gasteiger partial charge in [0, 0.05) is 25.7 Å². The second kappa shape index (κ2) is 7.09. The summed E-state index contributed by atoms with van der Waals surface area (Å²) in [6.45, 7) is 8.38. The highest BCUT2D eigenvalue weighted by molar-refractivity contribution is 5.58. The van der Waals surface area contributed by atoms with Crippen LogP contribution in [0.15, 0.2) is 6.33 Å². The van der Waals surface area contributed by atoms with E-state index in [1.807, 2.05) is 0 Å². The van der Waals surface area contributed by atoms with E-state index in [1.165, 1.54) is 18.4 Å². The zero-order valence-electron chi connectivity index (χ0n) is 11.5. The Morgan fingerprint density at radius 2 is 2.00 bits per heavy atom. The summed E-state index contributed by atoms with van der Waals surface area (Å²) >= 11 is 0. The molecule has 0 aliphatic rings. The average Bonchev–Trinajstić information content (AvgIpc) is 2.36. The summed E-state index contributed by atoms with van der Waals surface area (Å²) < 4.78 is 0. The number of aromatic nitrogens is 2. The van der Waals surface area contributed by atoms with Crippen LogP contribution in [0.1, 0.15) is 39.2 Å². The van der Waals surface area contributed by atoms with Gasteiger partial charge >= 0.3 is 0 Å². The number of hydrogen-bond acceptors (Lipinski definition) is 4. The lowest BCUT2D eigenvalue weighted by molar-refractivity contribution is 0.754. The summed E-state index contributed by atoms with van der Waals surface area (Å²) in [7, 11) is 2.10. The largest absolute Gasteiger partial charge is 0.370 e. The van der Waals surface area contributed by atoms with E-state index in [-0.39, 0.29) is 0 Å². The fourth-order valence-corrected chi connectivity index (χ4v) is 1.88. The molecule has 0 aliphatic carbocycles. The van der Waals surface area contributed by atoms with Gasteiger partial charge in [-0.25, -0.2) is 9.97 Å². The minimum absolute atomic E-state index is 0.891. The molecule has 4 heteroatoms. The number of nitrogens with one attached hydrogen (secondary N) is 1. The second-order valence-electron chi connectivity index (χ2n) is 4.18. The molecule has 0 spiro atoms. The van der Waals surface area contributed by atoms with Crippen LogP contribution < -0.4 is 10.2 Å². The molecular weight excluding hydrogens is 212 g/mol. The molecule has 0 saturated carbocycles. The highest BCUT2D eigenvalue weighted by Crippen LogP contribution is 2.23. The Morgan fingerprint density at radius 1 is 1.24 bits per heavy atom. The molecule has 0 fully saturated rings. The molecule has 0 aliphatic heterocycles. The fourth-order valence-electron chi connectivity index (χ4n) is 1.88. The van der Waals surface area contributed by atoms with Gasteiger partial charge in [-0.2, -0.15) is 0 Å². The molecule has 0 radical (unpaired) electrons. The van der Waals surface area contributed by atoms with E-state index in [0.717, 1.165) is 31.1 Å². The van der Waals surface area contributed by atoms with Gasteiger partial charge in [0.25, 0.3) is 0 Å². The molecule has 0 atom stereocenters. The van der Waals surface area contributed by atoms with E-state index in [0.29, 0.717) is 0 Å². The Hall–Kier alpha value is -1.32. The molecule has 0 unspecified atom stereocenters. The summed E-state index contributed by atoms with van der Waals surface area (Å²) in [5, 5.41) is 3.30. The lowest BCUT2D eigenvalue weighted by Crippen LogP contribution is -2.22. The zero-order valence-corrected chi connectivity index (χ0v) is 11.5. The van der Waals surface area contributed by atoms with Crippen LogP contribution in [0.4, 0.5) is 11.6 Å². The Balaban J connectivity index is 2.93. The fraction of sp³-hybridized carbons (Fsp3) is 0.692. The van der Waals surface area contributed by atoms with Crippen molar-refractivity contribution in [1.82, 2.24) is 9.97 Å². The number of unbranched alkanes of at least 4 members (excludes halogenated alkanes) is 1. The molecule has 96 valence electrons. The molecule has 0 amide bonds. The maximum atomic E-state index is 4.42. The third-order valence-corrected chi connectivity index (χ3v) is 2.83. The second-order valence-corrected chi connectivity index (χ2v) is 4.18. The monoisotopic (exact) mass is 236 g/mol. The topological polar surface area (TPSA) is 41.1 Å². The van der Waals surface area contributed by atoms with Crippen molar-refractivity contribution in [2.75, 3.05) is 30.4 Å². The first-order valence-electron chi connectivity index (χ1n) is 6.53. The Labute approximate surface area is 104 Å². The summed E-state index contributed by atoms with van der Waals surface area (Å²) in [6.07, 6.45) is 5.00. The lowest BCUT2D eigenvalue weighted by atomic mass is 10.2. The predicted octanol–water partition coefficient (Wildman–Crippen LogP) is 2.71. The number of hydrogen-bond donors (Lipinski definition) is 1. The van der Waals surface area contributed by atoms with Crippen molar-refractivity contribution in [3.8, 4) is 0 Å². The van der Waals surface area contributed by atoms with Gasteiger partial charge in [0.05, 0.1) is 0 Å². The van der Waals surface area contributed by atoms with Crippen LogP contribution in [0.5, 0.6) is 0 Å². The molecule has 0 saturated heterocycles. The SMILES string of the molecule is CCCCN(C)c1ncnc(NCC)c1CC. The number of nitrogens with zero attached hydrogens (tertiary/aromatic N) is 3. The van der Waals surface area contributed by atoms with Gasteiger partial charge < -0.3 is 10.2 Å². The maximum absolute atomic E-state index is 4.42. The van der Waals surface area contributed by atoms with Gasteiger partial charge in [-0.3, -0.25) is 0 Å². The Morgan fingerprint density at radius 3 is 2.59 bits per heavy atom. The minimum atomic E-state index is 0.891. The first-order chi connectivity index (χ1) is 8.24. The Kier molecular flexibility index (Phi) is 5.73. The molecule has 0 bridgehead atoms. The van der Waals surface area contributed by atoms with Gasteiger partial charge in [-0.1, -0.05) is 20.3 Å². The Bertz CT molecular complexity index is 338. The maximum Gasteiger partial charge on any atom is 0.137 e. The van der Waals surface area contributed by atoms with Crippen LogP contribution in [0.3, 0.4) is 0 Å². The van der Waals surface area contributed by atoms with Gasteiger partial charge in [-0.05, 0) is 19.8 Å². The molecule has 1 N–H and O–H groups in total. The highest BCUT2D eigenvalue weighted by atomic mass is 15.2. The van der Waals surface area contributed by atoms with Crippen molar-refractivity contribution in [1.29, 1.82) is 0 Å². The van der Waals surface area contributed by atoms with Crippen molar-refractivity contribution in [3.05, 3.63) is 11.9 Å². The van der Waals surface area contributed by atoms with E-state index in [4.69, 9.17) is 0 Å². The van der Waals surface area contributed by atoms with Crippen LogP contribution >= 0.6 is 0 Å². The molecular formula is C13H24N4. The zero-order chi connectivity index (χ0) is 12.7. The minimum Gasteiger partial charge on any atom is -0.370 e. The van der Waals surface area contributed by atoms with Crippen molar-refractivity contribution >= 4 is 11.6 Å². The van der Waals surface area contributed by atoms with Crippen molar-refractivity contribution in [2.24, 2.45) is 0 Å². The van der Waals surface area contributed by atoms with E-state index in [9.17, 15) is 0 Å². The summed E-state index contributed by atoms with van der Waals surface area (Å²) in [5.74, 6) is 2.04. The van der Waals surface area contributed by atoms with Crippen LogP contribution in [0.2, 0.25) is 0 Å². The van der Waals surface area contributed by atoms with Crippen molar-refractivity contribution in [3.63, 3.8) is 0 Å². The van der Waals surface area contributed by atoms with E-state index >= 15 is 0 Å². The number of rotatable bonds is 7. The van der Waals surface area contributed by atoms with Gasteiger partial charge in [0.1, 0.15) is 18.0 Å². The molecule has 1 aromatic rings. The number of anilines is 2. The summed E-state index contributed by atoms with van der Waals surface area (Å²) in [6, 6.07) is 0. The standard InChI is InChI=1S/C13H24N4/c1-5-8-9-17(4)13-11(6-2)12(14-7-3)15-10-16-13/h10H,5-9H2,1-4H3,(H,14,15,16). The van der Waals surface area contributed by atoms with Gasteiger partial charge in [0.15, 0.2) is 0 Å². The molecule has 1 aromatic heterocycles. The summed E-state index contributed by atoms with van der Waals surface area (Å²) in [4.78, 5) is 11.0. The first-order valence-corrected chi connectivity index (χ1v) is 6.53. The third-order valence-electron chi connectivity index (χ3n) is 2.83. The predicted molar refractivity (Wildman–Crippen MR) is 73.8 cm³/mol. The van der Waals surface area contributed by atoms with Gasteiger partial charge in [-0.15, -0.1) is 0 Å². The van der Waals surface area contributed by atoms with Crippen molar-refractivity contribution < 1.29 is 0 Å². The molecule has 1 rings (SSSR count). The quantitative estimate of drug-likeness (QED) is 0.790. The van der Waals surface area contributed by atoms with Crippen LogP contribution in [0, 0.1) is 0 Å². The molecule has 4 nitrogen and oxygen atoms in total.